The zero-order valence-electron chi connectivity index (χ0n) is 14.3. The van der Waals surface area contributed by atoms with E-state index in [9.17, 15) is 4.79 Å². The van der Waals surface area contributed by atoms with Crippen molar-refractivity contribution in [2.24, 2.45) is 5.92 Å². The van der Waals surface area contributed by atoms with Crippen LogP contribution >= 0.6 is 0 Å². The number of fused-ring (bicyclic) bond motifs is 1. The molecule has 1 fully saturated rings. The molecular weight excluding hydrogens is 302 g/mol. The third-order valence-electron chi connectivity index (χ3n) is 4.82. The van der Waals surface area contributed by atoms with Gasteiger partial charge in [0.2, 0.25) is 0 Å². The molecule has 0 bridgehead atoms. The second kappa shape index (κ2) is 6.06. The molecule has 0 atom stereocenters. The van der Waals surface area contributed by atoms with Gasteiger partial charge in [-0.3, -0.25) is 4.79 Å². The van der Waals surface area contributed by atoms with Crippen molar-refractivity contribution in [2.75, 3.05) is 20.7 Å². The van der Waals surface area contributed by atoms with E-state index < -0.39 is 0 Å². The summed E-state index contributed by atoms with van der Waals surface area (Å²) in [5.41, 5.74) is 5.14. The Balaban J connectivity index is 1.83. The van der Waals surface area contributed by atoms with Gasteiger partial charge in [0.15, 0.2) is 0 Å². The molecule has 0 spiro atoms. The molecule has 0 unspecified atom stereocenters. The molecule has 1 saturated carbocycles. The molecule has 2 aromatic rings. The zero-order valence-corrected chi connectivity index (χ0v) is 14.3. The number of hydrogen-bond acceptors (Lipinski definition) is 4. The van der Waals surface area contributed by atoms with Crippen molar-refractivity contribution in [1.82, 2.24) is 15.1 Å². The fourth-order valence-corrected chi connectivity index (χ4v) is 3.41. The van der Waals surface area contributed by atoms with E-state index in [4.69, 9.17) is 4.74 Å². The zero-order chi connectivity index (χ0) is 16.7. The Morgan fingerprint density at radius 1 is 1.29 bits per heavy atom. The highest BCUT2D eigenvalue weighted by molar-refractivity contribution is 5.66. The van der Waals surface area contributed by atoms with Crippen LogP contribution in [0.15, 0.2) is 23.0 Å². The molecular formula is C19H23N3O2. The molecule has 4 rings (SSSR count). The van der Waals surface area contributed by atoms with E-state index >= 15 is 0 Å². The minimum absolute atomic E-state index is 0.0624. The van der Waals surface area contributed by atoms with E-state index in [1.165, 1.54) is 18.4 Å². The van der Waals surface area contributed by atoms with E-state index in [2.05, 4.69) is 22.3 Å². The quantitative estimate of drug-likeness (QED) is 0.917. The highest BCUT2D eigenvalue weighted by atomic mass is 16.5. The highest BCUT2D eigenvalue weighted by Gasteiger charge is 2.27. The largest absolute Gasteiger partial charge is 0.493 e. The van der Waals surface area contributed by atoms with Gasteiger partial charge >= 0.3 is 0 Å². The number of rotatable bonds is 5. The first-order chi connectivity index (χ1) is 11.6. The van der Waals surface area contributed by atoms with Crippen molar-refractivity contribution in [3.8, 4) is 17.0 Å². The highest BCUT2D eigenvalue weighted by Crippen LogP contribution is 2.37. The summed E-state index contributed by atoms with van der Waals surface area (Å²) in [5, 5.41) is 7.14. The Kier molecular flexibility index (Phi) is 3.88. The number of aromatic amines is 1. The lowest BCUT2D eigenvalue weighted by molar-refractivity contribution is 0.357. The van der Waals surface area contributed by atoms with Crippen molar-refractivity contribution in [3.63, 3.8) is 0 Å². The van der Waals surface area contributed by atoms with Gasteiger partial charge < -0.3 is 9.64 Å². The average molecular weight is 325 g/mol. The van der Waals surface area contributed by atoms with Gasteiger partial charge in [0.1, 0.15) is 5.75 Å². The van der Waals surface area contributed by atoms with Crippen LogP contribution in [0.25, 0.3) is 11.3 Å². The summed E-state index contributed by atoms with van der Waals surface area (Å²) < 4.78 is 5.60. The number of H-pyrrole nitrogens is 1. The standard InChI is InChI=1S/C19H23N3O2/c1-22(2)11-16-15(9-12-3-4-12)18(20-21-19(16)23)14-5-6-17-13(10-14)7-8-24-17/h5-6,10,12H,3-4,7-9,11H2,1-2H3,(H,21,23). The summed E-state index contributed by atoms with van der Waals surface area (Å²) in [6, 6.07) is 6.25. The van der Waals surface area contributed by atoms with Crippen molar-refractivity contribution in [1.29, 1.82) is 0 Å². The second-order valence-corrected chi connectivity index (χ2v) is 7.16. The van der Waals surface area contributed by atoms with Gasteiger partial charge in [0.05, 0.1) is 12.3 Å². The normalized spacial score (nSPS) is 16.3. The third-order valence-corrected chi connectivity index (χ3v) is 4.82. The molecule has 126 valence electrons. The van der Waals surface area contributed by atoms with Crippen LogP contribution in [0.3, 0.4) is 0 Å². The van der Waals surface area contributed by atoms with E-state index in [1.807, 2.05) is 25.1 Å². The third kappa shape index (κ3) is 2.96. The van der Waals surface area contributed by atoms with Crippen LogP contribution in [0.5, 0.6) is 5.75 Å². The van der Waals surface area contributed by atoms with Gasteiger partial charge in [-0.2, -0.15) is 5.10 Å². The Morgan fingerprint density at radius 3 is 2.88 bits per heavy atom. The molecule has 1 aromatic carbocycles. The lowest BCUT2D eigenvalue weighted by Gasteiger charge is -2.16. The van der Waals surface area contributed by atoms with Gasteiger partial charge in [-0.15, -0.1) is 0 Å². The van der Waals surface area contributed by atoms with Crippen LogP contribution < -0.4 is 10.3 Å². The first-order valence-corrected chi connectivity index (χ1v) is 8.63. The summed E-state index contributed by atoms with van der Waals surface area (Å²) in [5.74, 6) is 1.67. The minimum atomic E-state index is -0.0624. The van der Waals surface area contributed by atoms with Crippen molar-refractivity contribution in [2.45, 2.75) is 32.2 Å². The smallest absolute Gasteiger partial charge is 0.268 e. The maximum Gasteiger partial charge on any atom is 0.268 e. The number of aromatic nitrogens is 2. The SMILES string of the molecule is CN(C)Cc1c(CC2CC2)c(-c2ccc3c(c2)CCO3)n[nH]c1=O. The second-order valence-electron chi connectivity index (χ2n) is 7.16. The number of nitrogens with one attached hydrogen (secondary N) is 1. The lowest BCUT2D eigenvalue weighted by Crippen LogP contribution is -2.24. The maximum absolute atomic E-state index is 12.4. The van der Waals surface area contributed by atoms with Gasteiger partial charge in [-0.25, -0.2) is 5.10 Å². The summed E-state index contributed by atoms with van der Waals surface area (Å²) >= 11 is 0. The van der Waals surface area contributed by atoms with Gasteiger partial charge in [-0.05, 0) is 68.6 Å². The molecule has 0 saturated heterocycles. The Bertz CT molecular complexity index is 822. The predicted molar refractivity (Wildman–Crippen MR) is 93.3 cm³/mol. The molecule has 1 aliphatic carbocycles. The summed E-state index contributed by atoms with van der Waals surface area (Å²) in [4.78, 5) is 14.4. The van der Waals surface area contributed by atoms with Crippen molar-refractivity contribution in [3.05, 3.63) is 45.2 Å². The number of ether oxygens (including phenoxy) is 1. The molecule has 1 aromatic heterocycles. The monoisotopic (exact) mass is 325 g/mol. The molecule has 2 heterocycles. The summed E-state index contributed by atoms with van der Waals surface area (Å²) in [6.45, 7) is 1.39. The molecule has 0 amide bonds. The number of nitrogens with zero attached hydrogens (tertiary/aromatic N) is 2. The van der Waals surface area contributed by atoms with Crippen LogP contribution in [-0.4, -0.2) is 35.8 Å². The Morgan fingerprint density at radius 2 is 2.12 bits per heavy atom. The molecule has 0 radical (unpaired) electrons. The van der Waals surface area contributed by atoms with Crippen molar-refractivity contribution >= 4 is 0 Å². The molecule has 5 nitrogen and oxygen atoms in total. The van der Waals surface area contributed by atoms with Gasteiger partial charge in [0, 0.05) is 24.1 Å². The molecule has 5 heteroatoms. The number of hydrogen-bond donors (Lipinski definition) is 1. The molecule has 1 aliphatic heterocycles. The fraction of sp³-hybridized carbons (Fsp3) is 0.474. The van der Waals surface area contributed by atoms with E-state index in [0.29, 0.717) is 12.5 Å². The van der Waals surface area contributed by atoms with E-state index in [1.54, 1.807) is 0 Å². The van der Waals surface area contributed by atoms with E-state index in [0.717, 1.165) is 47.6 Å². The van der Waals surface area contributed by atoms with Crippen LogP contribution in [0, 0.1) is 5.92 Å². The topological polar surface area (TPSA) is 58.2 Å². The lowest BCUT2D eigenvalue weighted by atomic mass is 9.96. The van der Waals surface area contributed by atoms with Crippen LogP contribution in [0.1, 0.15) is 29.5 Å². The first-order valence-electron chi connectivity index (χ1n) is 8.63. The molecule has 2 aliphatic rings. The first kappa shape index (κ1) is 15.4. The summed E-state index contributed by atoms with van der Waals surface area (Å²) in [7, 11) is 3.99. The van der Waals surface area contributed by atoms with Gasteiger partial charge in [-0.1, -0.05) is 0 Å². The average Bonchev–Trinajstić information content (AvgIpc) is 3.24. The van der Waals surface area contributed by atoms with Crippen LogP contribution in [-0.2, 0) is 19.4 Å². The molecule has 1 N–H and O–H groups in total. The maximum atomic E-state index is 12.4. The van der Waals surface area contributed by atoms with E-state index in [-0.39, 0.29) is 5.56 Å². The Labute approximate surface area is 141 Å². The van der Waals surface area contributed by atoms with Crippen LogP contribution in [0.4, 0.5) is 0 Å². The van der Waals surface area contributed by atoms with Crippen LogP contribution in [0.2, 0.25) is 0 Å². The minimum Gasteiger partial charge on any atom is -0.493 e. The summed E-state index contributed by atoms with van der Waals surface area (Å²) in [6.07, 6.45) is 4.40. The van der Waals surface area contributed by atoms with Gasteiger partial charge in [0.25, 0.3) is 5.56 Å². The van der Waals surface area contributed by atoms with Crippen molar-refractivity contribution < 1.29 is 4.74 Å². The fourth-order valence-electron chi connectivity index (χ4n) is 3.41. The number of benzene rings is 1. The predicted octanol–water partition coefficient (Wildman–Crippen LogP) is 2.39. The Hall–Kier alpha value is -2.14. The molecule has 24 heavy (non-hydrogen) atoms.